The third-order valence-electron chi connectivity index (χ3n) is 3.93. The fourth-order valence-corrected chi connectivity index (χ4v) is 2.28. The van der Waals surface area contributed by atoms with Gasteiger partial charge in [-0.3, -0.25) is 9.59 Å². The smallest absolute Gasteiger partial charge is 0.325 e. The average molecular weight is 339 g/mol. The van der Waals surface area contributed by atoms with Crippen molar-refractivity contribution < 1.29 is 14.3 Å². The Bertz CT molecular complexity index is 725. The molecule has 2 aromatic carbocycles. The molecule has 25 heavy (non-hydrogen) atoms. The van der Waals surface area contributed by atoms with Crippen molar-refractivity contribution in [3.05, 3.63) is 70.8 Å². The number of aryl methyl sites for hydroxylation is 1. The maximum Gasteiger partial charge on any atom is 0.325 e. The van der Waals surface area contributed by atoms with Crippen LogP contribution in [0.4, 0.5) is 0 Å². The number of carbonyl (C=O) groups is 2. The molecule has 0 spiro atoms. The van der Waals surface area contributed by atoms with E-state index in [1.54, 1.807) is 12.1 Å². The summed E-state index contributed by atoms with van der Waals surface area (Å²) < 4.78 is 5.16. The van der Waals surface area contributed by atoms with Gasteiger partial charge in [-0.15, -0.1) is 0 Å². The van der Waals surface area contributed by atoms with Crippen molar-refractivity contribution in [2.75, 3.05) is 6.54 Å². The van der Waals surface area contributed by atoms with Crippen LogP contribution < -0.4 is 5.32 Å². The monoisotopic (exact) mass is 339 g/mol. The highest BCUT2D eigenvalue weighted by molar-refractivity contribution is 5.95. The second-order valence-corrected chi connectivity index (χ2v) is 7.16. The van der Waals surface area contributed by atoms with Crippen LogP contribution in [0, 0.1) is 6.92 Å². The lowest BCUT2D eigenvalue weighted by molar-refractivity contribution is -0.143. The van der Waals surface area contributed by atoms with E-state index in [0.717, 1.165) is 16.7 Å². The van der Waals surface area contributed by atoms with E-state index < -0.39 is 5.97 Å². The summed E-state index contributed by atoms with van der Waals surface area (Å²) in [4.78, 5) is 23.9. The van der Waals surface area contributed by atoms with Crippen molar-refractivity contribution in [1.29, 1.82) is 0 Å². The first-order valence-corrected chi connectivity index (χ1v) is 8.35. The van der Waals surface area contributed by atoms with Gasteiger partial charge in [0.2, 0.25) is 0 Å². The molecule has 0 unspecified atom stereocenters. The molecule has 0 bridgehead atoms. The molecule has 0 atom stereocenters. The molecule has 0 heterocycles. The van der Waals surface area contributed by atoms with E-state index in [1.165, 1.54) is 0 Å². The SMILES string of the molecule is Cc1ccc(COC(=O)CNC(=O)c2ccc(C(C)(C)C)cc2)cc1. The van der Waals surface area contributed by atoms with Crippen LogP contribution in [0.15, 0.2) is 48.5 Å². The molecule has 2 aromatic rings. The zero-order valence-corrected chi connectivity index (χ0v) is 15.3. The molecule has 0 radical (unpaired) electrons. The lowest BCUT2D eigenvalue weighted by Gasteiger charge is -2.19. The second-order valence-electron chi connectivity index (χ2n) is 7.16. The minimum absolute atomic E-state index is 0.0365. The van der Waals surface area contributed by atoms with Crippen molar-refractivity contribution in [2.45, 2.75) is 39.7 Å². The van der Waals surface area contributed by atoms with E-state index >= 15 is 0 Å². The number of esters is 1. The summed E-state index contributed by atoms with van der Waals surface area (Å²) in [5.41, 5.74) is 3.79. The minimum atomic E-state index is -0.458. The number of rotatable bonds is 5. The summed E-state index contributed by atoms with van der Waals surface area (Å²) in [5, 5.41) is 2.59. The van der Waals surface area contributed by atoms with Crippen LogP contribution in [-0.4, -0.2) is 18.4 Å². The van der Waals surface area contributed by atoms with E-state index in [-0.39, 0.29) is 24.5 Å². The maximum atomic E-state index is 12.1. The Hall–Kier alpha value is -2.62. The van der Waals surface area contributed by atoms with Crippen LogP contribution in [0.2, 0.25) is 0 Å². The molecule has 4 heteroatoms. The van der Waals surface area contributed by atoms with Crippen molar-refractivity contribution in [2.24, 2.45) is 0 Å². The molecule has 132 valence electrons. The number of amides is 1. The standard InChI is InChI=1S/C21H25NO3/c1-15-5-7-16(8-6-15)14-25-19(23)13-22-20(24)17-9-11-18(12-10-17)21(2,3)4/h5-12H,13-14H2,1-4H3,(H,22,24). The van der Waals surface area contributed by atoms with Gasteiger partial charge >= 0.3 is 5.97 Å². The molecule has 1 N–H and O–H groups in total. The fraction of sp³-hybridized carbons (Fsp3) is 0.333. The Morgan fingerprint density at radius 1 is 0.960 bits per heavy atom. The number of ether oxygens (including phenoxy) is 1. The first-order valence-electron chi connectivity index (χ1n) is 8.35. The quantitative estimate of drug-likeness (QED) is 0.844. The maximum absolute atomic E-state index is 12.1. The topological polar surface area (TPSA) is 55.4 Å². The molecule has 0 aromatic heterocycles. The number of benzene rings is 2. The Labute approximate surface area is 149 Å². The van der Waals surface area contributed by atoms with Crippen molar-refractivity contribution in [1.82, 2.24) is 5.32 Å². The molecular weight excluding hydrogens is 314 g/mol. The van der Waals surface area contributed by atoms with Crippen LogP contribution in [-0.2, 0) is 21.6 Å². The minimum Gasteiger partial charge on any atom is -0.460 e. The van der Waals surface area contributed by atoms with Crippen molar-refractivity contribution in [3.63, 3.8) is 0 Å². The van der Waals surface area contributed by atoms with Crippen LogP contribution >= 0.6 is 0 Å². The third-order valence-corrected chi connectivity index (χ3v) is 3.93. The number of hydrogen-bond donors (Lipinski definition) is 1. The molecular formula is C21H25NO3. The molecule has 4 nitrogen and oxygen atoms in total. The van der Waals surface area contributed by atoms with Crippen molar-refractivity contribution >= 4 is 11.9 Å². The third kappa shape index (κ3) is 5.75. The van der Waals surface area contributed by atoms with E-state index in [9.17, 15) is 9.59 Å². The largest absolute Gasteiger partial charge is 0.460 e. The van der Waals surface area contributed by atoms with E-state index in [2.05, 4.69) is 26.1 Å². The summed E-state index contributed by atoms with van der Waals surface area (Å²) in [6, 6.07) is 15.2. The number of nitrogens with one attached hydrogen (secondary N) is 1. The molecule has 0 saturated heterocycles. The highest BCUT2D eigenvalue weighted by Gasteiger charge is 2.14. The molecule has 1 amide bonds. The van der Waals surface area contributed by atoms with Gasteiger partial charge in [0.15, 0.2) is 0 Å². The van der Waals surface area contributed by atoms with Gasteiger partial charge in [-0.05, 0) is 35.6 Å². The van der Waals surface area contributed by atoms with Gasteiger partial charge in [-0.1, -0.05) is 62.7 Å². The van der Waals surface area contributed by atoms with Gasteiger partial charge in [0, 0.05) is 5.56 Å². The Balaban J connectivity index is 1.80. The van der Waals surface area contributed by atoms with Crippen molar-refractivity contribution in [3.8, 4) is 0 Å². The van der Waals surface area contributed by atoms with Gasteiger partial charge in [-0.2, -0.15) is 0 Å². The number of hydrogen-bond acceptors (Lipinski definition) is 3. The van der Waals surface area contributed by atoms with Crippen LogP contribution in [0.5, 0.6) is 0 Å². The predicted molar refractivity (Wildman–Crippen MR) is 98.5 cm³/mol. The van der Waals surface area contributed by atoms with Gasteiger partial charge < -0.3 is 10.1 Å². The van der Waals surface area contributed by atoms with E-state index in [0.29, 0.717) is 5.56 Å². The van der Waals surface area contributed by atoms with Gasteiger partial charge in [-0.25, -0.2) is 0 Å². The summed E-state index contributed by atoms with van der Waals surface area (Å²) in [6.45, 7) is 8.41. The summed E-state index contributed by atoms with van der Waals surface area (Å²) in [6.07, 6.45) is 0. The highest BCUT2D eigenvalue weighted by Crippen LogP contribution is 2.22. The van der Waals surface area contributed by atoms with Crippen LogP contribution in [0.1, 0.15) is 47.8 Å². The first kappa shape index (κ1) is 18.7. The van der Waals surface area contributed by atoms with E-state index in [1.807, 2.05) is 43.3 Å². The average Bonchev–Trinajstić information content (AvgIpc) is 2.58. The molecule has 0 fully saturated rings. The molecule has 0 aliphatic carbocycles. The zero-order chi connectivity index (χ0) is 18.4. The Kier molecular flexibility index (Phi) is 5.97. The second kappa shape index (κ2) is 7.97. The predicted octanol–water partition coefficient (Wildman–Crippen LogP) is 3.77. The lowest BCUT2D eigenvalue weighted by atomic mass is 9.87. The van der Waals surface area contributed by atoms with E-state index in [4.69, 9.17) is 4.74 Å². The summed E-state index contributed by atoms with van der Waals surface area (Å²) in [5.74, 6) is -0.743. The molecule has 2 rings (SSSR count). The normalized spacial score (nSPS) is 11.0. The Morgan fingerprint density at radius 3 is 2.12 bits per heavy atom. The van der Waals surface area contributed by atoms with Gasteiger partial charge in [0.05, 0.1) is 0 Å². The fourth-order valence-electron chi connectivity index (χ4n) is 2.28. The molecule has 0 saturated carbocycles. The van der Waals surface area contributed by atoms with Gasteiger partial charge in [0.1, 0.15) is 13.2 Å². The summed E-state index contributed by atoms with van der Waals surface area (Å²) >= 11 is 0. The zero-order valence-electron chi connectivity index (χ0n) is 15.3. The lowest BCUT2D eigenvalue weighted by Crippen LogP contribution is -2.30. The Morgan fingerprint density at radius 2 is 1.56 bits per heavy atom. The first-order chi connectivity index (χ1) is 11.8. The highest BCUT2D eigenvalue weighted by atomic mass is 16.5. The van der Waals surface area contributed by atoms with Crippen LogP contribution in [0.3, 0.4) is 0 Å². The summed E-state index contributed by atoms with van der Waals surface area (Å²) in [7, 11) is 0. The molecule has 0 aliphatic heterocycles. The van der Waals surface area contributed by atoms with Gasteiger partial charge in [0.25, 0.3) is 5.91 Å². The number of carbonyl (C=O) groups excluding carboxylic acids is 2. The molecule has 0 aliphatic rings. The van der Waals surface area contributed by atoms with Crippen LogP contribution in [0.25, 0.3) is 0 Å².